The van der Waals surface area contributed by atoms with Gasteiger partial charge in [-0.15, -0.1) is 0 Å². The Morgan fingerprint density at radius 1 is 1.06 bits per heavy atom. The molecular formula is C23H30N4O4S. The molecule has 0 aliphatic rings. The summed E-state index contributed by atoms with van der Waals surface area (Å²) < 4.78 is 33.7. The molecule has 0 aliphatic carbocycles. The normalized spacial score (nSPS) is 12.0. The summed E-state index contributed by atoms with van der Waals surface area (Å²) in [5.74, 6) is -0.0909. The summed E-state index contributed by atoms with van der Waals surface area (Å²) in [6.07, 6.45) is 1.07. The smallest absolute Gasteiger partial charge is 0.272 e. The highest BCUT2D eigenvalue weighted by Gasteiger charge is 2.23. The van der Waals surface area contributed by atoms with Crippen LogP contribution < -0.4 is 20.1 Å². The lowest BCUT2D eigenvalue weighted by molar-refractivity contribution is 0.101. The highest BCUT2D eigenvalue weighted by molar-refractivity contribution is 7.92. The molecule has 3 N–H and O–H groups in total. The van der Waals surface area contributed by atoms with Crippen LogP contribution in [0.1, 0.15) is 36.8 Å². The third kappa shape index (κ3) is 4.67. The molecule has 3 aromatic rings. The number of para-hydroxylation sites is 1. The number of aryl methyl sites for hydroxylation is 1. The molecule has 32 heavy (non-hydrogen) atoms. The van der Waals surface area contributed by atoms with Gasteiger partial charge in [0.1, 0.15) is 5.69 Å². The van der Waals surface area contributed by atoms with Gasteiger partial charge in [-0.2, -0.15) is 0 Å². The van der Waals surface area contributed by atoms with Crippen LogP contribution in [0.4, 0.5) is 17.1 Å². The van der Waals surface area contributed by atoms with E-state index in [1.54, 1.807) is 6.07 Å². The van der Waals surface area contributed by atoms with Crippen LogP contribution in [0.5, 0.6) is 5.75 Å². The van der Waals surface area contributed by atoms with Crippen LogP contribution in [0.15, 0.2) is 36.4 Å². The summed E-state index contributed by atoms with van der Waals surface area (Å²) in [5, 5.41) is 6.99. The first-order chi connectivity index (χ1) is 14.9. The van der Waals surface area contributed by atoms with Gasteiger partial charge < -0.3 is 19.9 Å². The zero-order chi connectivity index (χ0) is 23.8. The zero-order valence-electron chi connectivity index (χ0n) is 19.5. The highest BCUT2D eigenvalue weighted by Crippen LogP contribution is 2.39. The van der Waals surface area contributed by atoms with E-state index < -0.39 is 10.0 Å². The molecule has 0 atom stereocenters. The number of methoxy groups -OCH3 is 1. The van der Waals surface area contributed by atoms with Gasteiger partial charge in [0.05, 0.1) is 35.9 Å². The molecule has 2 aromatic carbocycles. The molecule has 9 heteroatoms. The summed E-state index contributed by atoms with van der Waals surface area (Å²) in [6, 6.07) is 11.2. The number of rotatable bonds is 6. The van der Waals surface area contributed by atoms with E-state index in [1.807, 2.05) is 69.8 Å². The van der Waals surface area contributed by atoms with Crippen molar-refractivity contribution >= 4 is 43.9 Å². The lowest BCUT2D eigenvalue weighted by Gasteiger charge is -2.24. The highest BCUT2D eigenvalue weighted by atomic mass is 32.2. The van der Waals surface area contributed by atoms with Crippen LogP contribution in [0.3, 0.4) is 0 Å². The minimum Gasteiger partial charge on any atom is -0.492 e. The van der Waals surface area contributed by atoms with Gasteiger partial charge in [0, 0.05) is 19.5 Å². The van der Waals surface area contributed by atoms with Gasteiger partial charge in [-0.1, -0.05) is 32.9 Å². The van der Waals surface area contributed by atoms with Gasteiger partial charge in [0.2, 0.25) is 10.0 Å². The minimum atomic E-state index is -3.55. The second-order valence-electron chi connectivity index (χ2n) is 8.76. The van der Waals surface area contributed by atoms with Crippen molar-refractivity contribution in [2.75, 3.05) is 35.8 Å². The number of sulfonamides is 1. The van der Waals surface area contributed by atoms with Crippen LogP contribution >= 0.6 is 0 Å². The number of hydrogen-bond acceptors (Lipinski definition) is 5. The Morgan fingerprint density at radius 3 is 2.28 bits per heavy atom. The lowest BCUT2D eigenvalue weighted by Crippen LogP contribution is -2.19. The van der Waals surface area contributed by atoms with Crippen molar-refractivity contribution in [1.29, 1.82) is 0 Å². The maximum Gasteiger partial charge on any atom is 0.272 e. The molecule has 0 spiro atoms. The van der Waals surface area contributed by atoms with Crippen molar-refractivity contribution in [3.63, 3.8) is 0 Å². The van der Waals surface area contributed by atoms with E-state index in [2.05, 4.69) is 15.4 Å². The minimum absolute atomic E-state index is 0.242. The number of ether oxygens (including phenoxy) is 1. The first-order valence-corrected chi connectivity index (χ1v) is 12.0. The molecule has 0 fully saturated rings. The third-order valence-corrected chi connectivity index (χ3v) is 5.85. The number of carbonyl (C=O) groups is 1. The quantitative estimate of drug-likeness (QED) is 0.515. The first-order valence-electron chi connectivity index (χ1n) is 10.1. The van der Waals surface area contributed by atoms with E-state index in [1.165, 1.54) is 7.11 Å². The van der Waals surface area contributed by atoms with Crippen LogP contribution in [0.25, 0.3) is 10.9 Å². The Bertz CT molecular complexity index is 1290. The predicted molar refractivity (Wildman–Crippen MR) is 131 cm³/mol. The number of amides is 1. The van der Waals surface area contributed by atoms with Crippen molar-refractivity contribution in [3.8, 4) is 5.75 Å². The Morgan fingerprint density at radius 2 is 1.72 bits per heavy atom. The van der Waals surface area contributed by atoms with E-state index in [-0.39, 0.29) is 22.8 Å². The van der Waals surface area contributed by atoms with Crippen molar-refractivity contribution < 1.29 is 17.9 Å². The number of anilines is 3. The number of nitrogens with zero attached hydrogens (tertiary/aromatic N) is 1. The van der Waals surface area contributed by atoms with E-state index in [0.29, 0.717) is 11.4 Å². The van der Waals surface area contributed by atoms with Gasteiger partial charge in [-0.3, -0.25) is 9.52 Å². The molecule has 0 saturated heterocycles. The number of fused-ring (bicyclic) bond motifs is 1. The van der Waals surface area contributed by atoms with E-state index in [9.17, 15) is 13.2 Å². The maximum atomic E-state index is 13.3. The predicted octanol–water partition coefficient (Wildman–Crippen LogP) is 4.15. The Balaban J connectivity index is 2.12. The summed E-state index contributed by atoms with van der Waals surface area (Å²) >= 11 is 0. The van der Waals surface area contributed by atoms with Gasteiger partial charge in [0.15, 0.2) is 5.75 Å². The monoisotopic (exact) mass is 458 g/mol. The van der Waals surface area contributed by atoms with Gasteiger partial charge in [-0.05, 0) is 35.2 Å². The molecule has 1 aromatic heterocycles. The van der Waals surface area contributed by atoms with Crippen LogP contribution in [-0.4, -0.2) is 39.3 Å². The second-order valence-corrected chi connectivity index (χ2v) is 10.5. The molecule has 172 valence electrons. The molecule has 0 saturated carbocycles. The number of aromatic nitrogens is 1. The fraction of sp³-hybridized carbons (Fsp3) is 0.348. The average Bonchev–Trinajstić information content (AvgIpc) is 3.03. The summed E-state index contributed by atoms with van der Waals surface area (Å²) in [4.78, 5) is 13.3. The molecule has 0 unspecified atom stereocenters. The summed E-state index contributed by atoms with van der Waals surface area (Å²) in [7, 11) is 1.55. The second kappa shape index (κ2) is 8.38. The van der Waals surface area contributed by atoms with Crippen molar-refractivity contribution in [1.82, 2.24) is 4.57 Å². The zero-order valence-corrected chi connectivity index (χ0v) is 20.3. The Hall–Kier alpha value is -3.20. The molecule has 8 nitrogen and oxygen atoms in total. The number of carbonyl (C=O) groups excluding carboxylic acids is 1. The number of benzene rings is 2. The molecule has 0 radical (unpaired) electrons. The molecule has 1 amide bonds. The lowest BCUT2D eigenvalue weighted by atomic mass is 9.86. The fourth-order valence-electron chi connectivity index (χ4n) is 3.67. The average molecular weight is 459 g/mol. The fourth-order valence-corrected chi connectivity index (χ4v) is 4.22. The van der Waals surface area contributed by atoms with Gasteiger partial charge in [-0.25, -0.2) is 8.42 Å². The van der Waals surface area contributed by atoms with E-state index >= 15 is 0 Å². The van der Waals surface area contributed by atoms with E-state index in [4.69, 9.17) is 4.74 Å². The number of hydrogen-bond donors (Lipinski definition) is 3. The SMILES string of the molecule is CNc1cccc2cc(C(=O)Nc3cc(C(C)(C)C)cc(NS(C)(=O)=O)c3OC)n(C)c12. The molecule has 1 heterocycles. The van der Waals surface area contributed by atoms with Crippen LogP contribution in [-0.2, 0) is 22.5 Å². The van der Waals surface area contributed by atoms with Crippen LogP contribution in [0.2, 0.25) is 0 Å². The van der Waals surface area contributed by atoms with Crippen LogP contribution in [0, 0.1) is 0 Å². The largest absolute Gasteiger partial charge is 0.492 e. The summed E-state index contributed by atoms with van der Waals surface area (Å²) in [6.45, 7) is 6.02. The Labute approximate surface area is 189 Å². The van der Waals surface area contributed by atoms with Gasteiger partial charge >= 0.3 is 0 Å². The first kappa shape index (κ1) is 23.5. The maximum absolute atomic E-state index is 13.3. The van der Waals surface area contributed by atoms with Crippen molar-refractivity contribution in [2.45, 2.75) is 26.2 Å². The third-order valence-electron chi connectivity index (χ3n) is 5.26. The topological polar surface area (TPSA) is 101 Å². The molecule has 0 bridgehead atoms. The Kier molecular flexibility index (Phi) is 6.15. The van der Waals surface area contributed by atoms with Crippen molar-refractivity contribution in [3.05, 3.63) is 47.7 Å². The molecule has 0 aliphatic heterocycles. The molecule has 3 rings (SSSR count). The summed E-state index contributed by atoms with van der Waals surface area (Å²) in [5.41, 5.74) is 3.49. The number of nitrogens with one attached hydrogen (secondary N) is 3. The van der Waals surface area contributed by atoms with E-state index in [0.717, 1.165) is 28.4 Å². The molecular weight excluding hydrogens is 428 g/mol. The van der Waals surface area contributed by atoms with Crippen molar-refractivity contribution in [2.24, 2.45) is 7.05 Å². The van der Waals surface area contributed by atoms with Gasteiger partial charge in [0.25, 0.3) is 5.91 Å². The standard InChI is InChI=1S/C23H30N4O4S/c1-23(2,3)15-12-17(21(31-6)18(13-15)26-32(7,29)30)25-22(28)19-11-14-9-8-10-16(24-4)20(14)27(19)5/h8-13,24,26H,1-7H3,(H,25,28).